The van der Waals surface area contributed by atoms with Crippen molar-refractivity contribution in [3.05, 3.63) is 77.9 Å². The maximum atomic E-state index is 12.1. The highest BCUT2D eigenvalue weighted by Crippen LogP contribution is 2.36. The minimum absolute atomic E-state index is 0.00478. The van der Waals surface area contributed by atoms with E-state index in [2.05, 4.69) is 18.2 Å². The van der Waals surface area contributed by atoms with Crippen LogP contribution in [0.15, 0.2) is 66.7 Å². The van der Waals surface area contributed by atoms with Gasteiger partial charge in [-0.1, -0.05) is 48.5 Å². The molecule has 0 saturated heterocycles. The highest BCUT2D eigenvalue weighted by Gasteiger charge is 2.17. The van der Waals surface area contributed by atoms with Crippen molar-refractivity contribution in [3.8, 4) is 28.0 Å². The minimum atomic E-state index is -0.885. The van der Waals surface area contributed by atoms with Crippen molar-refractivity contribution in [2.24, 2.45) is 0 Å². The van der Waals surface area contributed by atoms with E-state index in [4.69, 9.17) is 4.74 Å². The number of rotatable bonds is 8. The van der Waals surface area contributed by atoms with Crippen LogP contribution in [-0.2, 0) is 22.6 Å². The van der Waals surface area contributed by atoms with Crippen LogP contribution in [0.3, 0.4) is 0 Å². The summed E-state index contributed by atoms with van der Waals surface area (Å²) in [5.74, 6) is -0.219. The summed E-state index contributed by atoms with van der Waals surface area (Å²) < 4.78 is 5.58. The van der Waals surface area contributed by atoms with E-state index in [9.17, 15) is 14.7 Å². The lowest BCUT2D eigenvalue weighted by atomic mass is 9.92. The lowest BCUT2D eigenvalue weighted by Gasteiger charge is -2.22. The van der Waals surface area contributed by atoms with Crippen LogP contribution in [0.4, 0.5) is 0 Å². The Morgan fingerprint density at radius 3 is 2.29 bits per heavy atom. The van der Waals surface area contributed by atoms with Crippen LogP contribution in [-0.4, -0.2) is 35.5 Å². The summed E-state index contributed by atoms with van der Waals surface area (Å²) in [7, 11) is 1.60. The van der Waals surface area contributed by atoms with Gasteiger partial charge in [-0.05, 0) is 52.9 Å². The Labute approximate surface area is 182 Å². The fraction of sp³-hybridized carbons (Fsp3) is 0.231. The molecule has 0 spiro atoms. The first-order valence-electron chi connectivity index (χ1n) is 10.3. The average Bonchev–Trinajstić information content (AvgIpc) is 2.77. The van der Waals surface area contributed by atoms with E-state index in [1.54, 1.807) is 31.1 Å². The maximum absolute atomic E-state index is 12.1. The molecule has 3 aromatic rings. The first kappa shape index (κ1) is 22.1. The fourth-order valence-corrected chi connectivity index (χ4v) is 3.70. The van der Waals surface area contributed by atoms with Gasteiger partial charge >= 0.3 is 5.97 Å². The lowest BCUT2D eigenvalue weighted by molar-refractivity contribution is -0.136. The second kappa shape index (κ2) is 9.94. The van der Waals surface area contributed by atoms with Gasteiger partial charge in [-0.25, -0.2) is 0 Å². The third-order valence-electron chi connectivity index (χ3n) is 5.31. The lowest BCUT2D eigenvalue weighted by Crippen LogP contribution is -2.28. The first-order valence-corrected chi connectivity index (χ1v) is 10.3. The van der Waals surface area contributed by atoms with Crippen molar-refractivity contribution in [2.75, 3.05) is 13.7 Å². The average molecular weight is 418 g/mol. The third-order valence-corrected chi connectivity index (χ3v) is 5.31. The second-order valence-electron chi connectivity index (χ2n) is 7.38. The molecule has 5 heteroatoms. The molecule has 0 fully saturated rings. The molecule has 0 atom stereocenters. The van der Waals surface area contributed by atoms with Crippen molar-refractivity contribution >= 4 is 11.9 Å². The molecule has 0 aromatic heterocycles. The molecular formula is C26H27NO4. The molecule has 3 aromatic carbocycles. The van der Waals surface area contributed by atoms with Gasteiger partial charge < -0.3 is 14.7 Å². The van der Waals surface area contributed by atoms with Gasteiger partial charge in [0.1, 0.15) is 5.75 Å². The van der Waals surface area contributed by atoms with E-state index in [-0.39, 0.29) is 12.3 Å². The summed E-state index contributed by atoms with van der Waals surface area (Å²) in [6.45, 7) is 4.57. The van der Waals surface area contributed by atoms with Gasteiger partial charge in [0.15, 0.2) is 0 Å². The van der Waals surface area contributed by atoms with Crippen molar-refractivity contribution in [1.29, 1.82) is 0 Å². The number of carbonyl (C=O) groups is 2. The van der Waals surface area contributed by atoms with E-state index in [0.717, 1.165) is 27.8 Å². The number of nitrogens with zero attached hydrogens (tertiary/aromatic N) is 1. The number of carboxylic acid groups (broad SMARTS) is 1. The van der Waals surface area contributed by atoms with E-state index in [0.29, 0.717) is 24.4 Å². The molecule has 0 radical (unpaired) electrons. The van der Waals surface area contributed by atoms with Gasteiger partial charge in [0, 0.05) is 25.6 Å². The van der Waals surface area contributed by atoms with Crippen molar-refractivity contribution < 1.29 is 19.4 Å². The van der Waals surface area contributed by atoms with Gasteiger partial charge in [-0.15, -0.1) is 0 Å². The number of hydrogen-bond acceptors (Lipinski definition) is 3. The molecule has 0 unspecified atom stereocenters. The van der Waals surface area contributed by atoms with Crippen LogP contribution in [0.5, 0.6) is 5.75 Å². The molecule has 0 aliphatic rings. The predicted molar refractivity (Wildman–Crippen MR) is 122 cm³/mol. The van der Waals surface area contributed by atoms with Crippen LogP contribution in [0.2, 0.25) is 0 Å². The largest absolute Gasteiger partial charge is 0.496 e. The molecule has 160 valence electrons. The summed E-state index contributed by atoms with van der Waals surface area (Å²) in [6.07, 6.45) is -0.0665. The summed E-state index contributed by atoms with van der Waals surface area (Å²) in [4.78, 5) is 25.1. The zero-order valence-electron chi connectivity index (χ0n) is 18.1. The van der Waals surface area contributed by atoms with E-state index in [1.807, 2.05) is 43.3 Å². The maximum Gasteiger partial charge on any atom is 0.307 e. The molecule has 0 heterocycles. The van der Waals surface area contributed by atoms with Crippen molar-refractivity contribution in [2.45, 2.75) is 26.8 Å². The Hall–Kier alpha value is -3.60. The smallest absolute Gasteiger partial charge is 0.307 e. The van der Waals surface area contributed by atoms with Crippen LogP contribution >= 0.6 is 0 Å². The Morgan fingerprint density at radius 1 is 0.935 bits per heavy atom. The van der Waals surface area contributed by atoms with E-state index < -0.39 is 5.97 Å². The molecule has 31 heavy (non-hydrogen) atoms. The number of ether oxygens (including phenoxy) is 1. The van der Waals surface area contributed by atoms with E-state index >= 15 is 0 Å². The Morgan fingerprint density at radius 2 is 1.68 bits per heavy atom. The topological polar surface area (TPSA) is 66.8 Å². The zero-order valence-corrected chi connectivity index (χ0v) is 18.1. The van der Waals surface area contributed by atoms with Gasteiger partial charge in [0.05, 0.1) is 13.5 Å². The molecule has 0 saturated carbocycles. The summed E-state index contributed by atoms with van der Waals surface area (Å²) in [6, 6.07) is 21.7. The zero-order chi connectivity index (χ0) is 22.4. The highest BCUT2D eigenvalue weighted by molar-refractivity contribution is 5.80. The molecular weight excluding hydrogens is 390 g/mol. The molecule has 0 bridgehead atoms. The SMILES string of the molecule is CCN(Cc1cc(-c2ccccc2)ccc1-c1cc(CC(=O)O)ccc1OC)C(C)=O. The van der Waals surface area contributed by atoms with Crippen LogP contribution in [0, 0.1) is 0 Å². The number of methoxy groups -OCH3 is 1. The van der Waals surface area contributed by atoms with E-state index in [1.165, 1.54) is 0 Å². The fourth-order valence-electron chi connectivity index (χ4n) is 3.70. The van der Waals surface area contributed by atoms with Crippen molar-refractivity contribution in [1.82, 2.24) is 4.90 Å². The number of benzene rings is 3. The monoisotopic (exact) mass is 417 g/mol. The number of carboxylic acids is 1. The van der Waals surface area contributed by atoms with Crippen LogP contribution < -0.4 is 4.74 Å². The number of hydrogen-bond donors (Lipinski definition) is 1. The number of amides is 1. The molecule has 3 rings (SSSR count). The molecule has 1 N–H and O–H groups in total. The molecule has 1 amide bonds. The summed E-state index contributed by atoms with van der Waals surface area (Å²) >= 11 is 0. The number of carbonyl (C=O) groups excluding carboxylic acids is 1. The second-order valence-corrected chi connectivity index (χ2v) is 7.38. The Balaban J connectivity index is 2.16. The highest BCUT2D eigenvalue weighted by atomic mass is 16.5. The van der Waals surface area contributed by atoms with Gasteiger partial charge in [-0.2, -0.15) is 0 Å². The van der Waals surface area contributed by atoms with Crippen LogP contribution in [0.25, 0.3) is 22.3 Å². The summed E-state index contributed by atoms with van der Waals surface area (Å²) in [5.41, 5.74) is 5.55. The molecule has 0 aliphatic carbocycles. The quantitative estimate of drug-likeness (QED) is 0.559. The Kier molecular flexibility index (Phi) is 7.08. The minimum Gasteiger partial charge on any atom is -0.496 e. The van der Waals surface area contributed by atoms with Gasteiger partial charge in [0.2, 0.25) is 5.91 Å². The summed E-state index contributed by atoms with van der Waals surface area (Å²) in [5, 5.41) is 9.21. The normalized spacial score (nSPS) is 10.5. The van der Waals surface area contributed by atoms with Gasteiger partial charge in [0.25, 0.3) is 0 Å². The standard InChI is InChI=1S/C26H27NO4/c1-4-27(18(2)28)17-22-16-21(20-8-6-5-7-9-20)11-12-23(22)24-14-19(15-26(29)30)10-13-25(24)31-3/h5-14,16H,4,15,17H2,1-3H3,(H,29,30). The first-order chi connectivity index (χ1) is 14.9. The van der Waals surface area contributed by atoms with Gasteiger partial charge in [-0.3, -0.25) is 9.59 Å². The molecule has 5 nitrogen and oxygen atoms in total. The number of aliphatic carboxylic acids is 1. The van der Waals surface area contributed by atoms with Crippen molar-refractivity contribution in [3.63, 3.8) is 0 Å². The predicted octanol–water partition coefficient (Wildman–Crippen LogP) is 5.02. The Bertz CT molecular complexity index is 1080. The molecule has 0 aliphatic heterocycles. The third kappa shape index (κ3) is 5.31. The van der Waals surface area contributed by atoms with Crippen LogP contribution in [0.1, 0.15) is 25.0 Å².